The lowest BCUT2D eigenvalue weighted by atomic mass is 10.2. The molecule has 1 fully saturated rings. The first kappa shape index (κ1) is 9.68. The van der Waals surface area contributed by atoms with Gasteiger partial charge in [0.25, 0.3) is 0 Å². The largest absolute Gasteiger partial charge is 0.448 e. The van der Waals surface area contributed by atoms with Crippen LogP contribution in [-0.2, 0) is 6.54 Å². The fourth-order valence-corrected chi connectivity index (χ4v) is 1.79. The zero-order chi connectivity index (χ0) is 9.97. The van der Waals surface area contributed by atoms with Crippen molar-refractivity contribution in [2.24, 2.45) is 0 Å². The molecule has 4 nitrogen and oxygen atoms in total. The summed E-state index contributed by atoms with van der Waals surface area (Å²) in [6, 6.07) is 0.583. The van der Waals surface area contributed by atoms with Crippen LogP contribution in [0.15, 0.2) is 10.8 Å². The molecular formula is C10H17N3O. The van der Waals surface area contributed by atoms with E-state index in [1.54, 1.807) is 0 Å². The highest BCUT2D eigenvalue weighted by molar-refractivity contribution is 5.05. The Morgan fingerprint density at radius 1 is 1.71 bits per heavy atom. The first-order valence-electron chi connectivity index (χ1n) is 5.11. The normalized spacial score (nSPS) is 24.0. The molecule has 2 heterocycles. The summed E-state index contributed by atoms with van der Waals surface area (Å²) >= 11 is 0. The topological polar surface area (TPSA) is 41.3 Å². The first-order valence-corrected chi connectivity index (χ1v) is 5.11. The molecule has 1 N–H and O–H groups in total. The molecule has 1 aromatic heterocycles. The third-order valence-corrected chi connectivity index (χ3v) is 2.84. The number of nitrogens with one attached hydrogen (secondary N) is 1. The molecule has 0 aromatic carbocycles. The molecule has 0 radical (unpaired) electrons. The molecule has 0 aliphatic carbocycles. The van der Waals surface area contributed by atoms with E-state index in [1.807, 2.05) is 6.92 Å². The van der Waals surface area contributed by atoms with Crippen LogP contribution in [0.4, 0.5) is 0 Å². The van der Waals surface area contributed by atoms with E-state index >= 15 is 0 Å². The molecule has 1 atom stereocenters. The van der Waals surface area contributed by atoms with Crippen molar-refractivity contribution < 1.29 is 4.42 Å². The van der Waals surface area contributed by atoms with E-state index < -0.39 is 0 Å². The van der Waals surface area contributed by atoms with Gasteiger partial charge in [-0.2, -0.15) is 0 Å². The van der Waals surface area contributed by atoms with Crippen molar-refractivity contribution in [1.29, 1.82) is 0 Å². The molecule has 2 rings (SSSR count). The van der Waals surface area contributed by atoms with E-state index in [1.165, 1.54) is 6.39 Å². The quantitative estimate of drug-likeness (QED) is 0.757. The molecule has 1 aliphatic heterocycles. The van der Waals surface area contributed by atoms with Crippen LogP contribution in [0.3, 0.4) is 0 Å². The molecule has 0 spiro atoms. The smallest absolute Gasteiger partial charge is 0.181 e. The molecule has 0 unspecified atom stereocenters. The van der Waals surface area contributed by atoms with Gasteiger partial charge >= 0.3 is 0 Å². The molecule has 4 heteroatoms. The van der Waals surface area contributed by atoms with Crippen molar-refractivity contribution in [2.75, 3.05) is 19.6 Å². The zero-order valence-corrected chi connectivity index (χ0v) is 8.79. The van der Waals surface area contributed by atoms with Gasteiger partial charge in [-0.1, -0.05) is 0 Å². The van der Waals surface area contributed by atoms with Crippen molar-refractivity contribution >= 4 is 0 Å². The van der Waals surface area contributed by atoms with Gasteiger partial charge in [0.15, 0.2) is 6.39 Å². The average Bonchev–Trinajstić information content (AvgIpc) is 2.56. The molecule has 14 heavy (non-hydrogen) atoms. The van der Waals surface area contributed by atoms with Crippen LogP contribution in [0.5, 0.6) is 0 Å². The van der Waals surface area contributed by atoms with E-state index in [0.29, 0.717) is 6.04 Å². The molecule has 1 aromatic rings. The summed E-state index contributed by atoms with van der Waals surface area (Å²) in [4.78, 5) is 6.65. The van der Waals surface area contributed by atoms with Crippen molar-refractivity contribution in [2.45, 2.75) is 26.4 Å². The summed E-state index contributed by atoms with van der Waals surface area (Å²) < 4.78 is 5.19. The molecule has 0 amide bonds. The summed E-state index contributed by atoms with van der Waals surface area (Å²) in [6.45, 7) is 8.34. The van der Waals surface area contributed by atoms with Gasteiger partial charge in [-0.05, 0) is 13.8 Å². The number of oxazole rings is 1. The van der Waals surface area contributed by atoms with E-state index in [9.17, 15) is 0 Å². The van der Waals surface area contributed by atoms with Gasteiger partial charge in [0.2, 0.25) is 0 Å². The number of hydrogen-bond donors (Lipinski definition) is 1. The number of piperazine rings is 1. The van der Waals surface area contributed by atoms with Crippen molar-refractivity contribution in [3.8, 4) is 0 Å². The van der Waals surface area contributed by atoms with E-state index in [-0.39, 0.29) is 0 Å². The predicted octanol–water partition coefficient (Wildman–Crippen LogP) is 0.777. The van der Waals surface area contributed by atoms with E-state index in [4.69, 9.17) is 4.42 Å². The van der Waals surface area contributed by atoms with Gasteiger partial charge in [-0.15, -0.1) is 0 Å². The third kappa shape index (κ3) is 1.96. The molecule has 0 bridgehead atoms. The maximum atomic E-state index is 5.19. The predicted molar refractivity (Wildman–Crippen MR) is 54.0 cm³/mol. The molecular weight excluding hydrogens is 178 g/mol. The second kappa shape index (κ2) is 4.11. The zero-order valence-electron chi connectivity index (χ0n) is 8.79. The van der Waals surface area contributed by atoms with Gasteiger partial charge in [-0.25, -0.2) is 4.98 Å². The second-order valence-electron chi connectivity index (χ2n) is 3.88. The van der Waals surface area contributed by atoms with Crippen LogP contribution in [0, 0.1) is 6.92 Å². The average molecular weight is 195 g/mol. The number of hydrogen-bond acceptors (Lipinski definition) is 4. The Morgan fingerprint density at radius 3 is 3.21 bits per heavy atom. The highest BCUT2D eigenvalue weighted by Gasteiger charge is 2.19. The summed E-state index contributed by atoms with van der Waals surface area (Å²) in [7, 11) is 0. The standard InChI is InChI=1S/C10H17N3O/c1-8-5-11-3-4-13(8)6-10-9(2)14-7-12-10/h7-8,11H,3-6H2,1-2H3/t8-/m0/s1. The summed E-state index contributed by atoms with van der Waals surface area (Å²) in [5.41, 5.74) is 1.07. The molecule has 1 saturated heterocycles. The van der Waals surface area contributed by atoms with Gasteiger partial charge in [0.1, 0.15) is 5.76 Å². The lowest BCUT2D eigenvalue weighted by Crippen LogP contribution is -2.49. The number of aromatic nitrogens is 1. The van der Waals surface area contributed by atoms with Crippen LogP contribution >= 0.6 is 0 Å². The van der Waals surface area contributed by atoms with Gasteiger partial charge in [0.05, 0.1) is 5.69 Å². The summed E-state index contributed by atoms with van der Waals surface area (Å²) in [5.74, 6) is 0.940. The minimum absolute atomic E-state index is 0.583. The van der Waals surface area contributed by atoms with Crippen LogP contribution in [0.1, 0.15) is 18.4 Å². The van der Waals surface area contributed by atoms with Gasteiger partial charge in [-0.3, -0.25) is 4.90 Å². The van der Waals surface area contributed by atoms with E-state index in [2.05, 4.69) is 22.1 Å². The first-order chi connectivity index (χ1) is 6.77. The summed E-state index contributed by atoms with van der Waals surface area (Å²) in [5, 5.41) is 3.37. The Hall–Kier alpha value is -0.870. The van der Waals surface area contributed by atoms with Crippen LogP contribution in [0.2, 0.25) is 0 Å². The van der Waals surface area contributed by atoms with Crippen LogP contribution in [0.25, 0.3) is 0 Å². The second-order valence-corrected chi connectivity index (χ2v) is 3.88. The fourth-order valence-electron chi connectivity index (χ4n) is 1.79. The lowest BCUT2D eigenvalue weighted by molar-refractivity contribution is 0.163. The Kier molecular flexibility index (Phi) is 2.84. The van der Waals surface area contributed by atoms with E-state index in [0.717, 1.165) is 37.6 Å². The van der Waals surface area contributed by atoms with Crippen molar-refractivity contribution in [3.05, 3.63) is 17.8 Å². The number of aryl methyl sites for hydroxylation is 1. The molecule has 78 valence electrons. The van der Waals surface area contributed by atoms with Gasteiger partial charge in [0, 0.05) is 32.2 Å². The summed E-state index contributed by atoms with van der Waals surface area (Å²) in [6.07, 6.45) is 1.53. The highest BCUT2D eigenvalue weighted by atomic mass is 16.3. The molecule has 1 aliphatic rings. The maximum Gasteiger partial charge on any atom is 0.181 e. The third-order valence-electron chi connectivity index (χ3n) is 2.84. The minimum atomic E-state index is 0.583. The van der Waals surface area contributed by atoms with Crippen molar-refractivity contribution in [3.63, 3.8) is 0 Å². The Bertz CT molecular complexity index is 297. The number of rotatable bonds is 2. The Labute approximate surface area is 84.3 Å². The van der Waals surface area contributed by atoms with Crippen LogP contribution in [-0.4, -0.2) is 35.6 Å². The minimum Gasteiger partial charge on any atom is -0.448 e. The Balaban J connectivity index is 1.99. The SMILES string of the molecule is Cc1ocnc1CN1CCNC[C@@H]1C. The van der Waals surface area contributed by atoms with Crippen molar-refractivity contribution in [1.82, 2.24) is 15.2 Å². The molecule has 0 saturated carbocycles. The fraction of sp³-hybridized carbons (Fsp3) is 0.700. The lowest BCUT2D eigenvalue weighted by Gasteiger charge is -2.33. The van der Waals surface area contributed by atoms with Crippen LogP contribution < -0.4 is 5.32 Å². The highest BCUT2D eigenvalue weighted by Crippen LogP contribution is 2.11. The Morgan fingerprint density at radius 2 is 2.57 bits per heavy atom. The maximum absolute atomic E-state index is 5.19. The monoisotopic (exact) mass is 195 g/mol. The van der Waals surface area contributed by atoms with Gasteiger partial charge < -0.3 is 9.73 Å². The number of nitrogens with zero attached hydrogens (tertiary/aromatic N) is 2.